The molecule has 1 saturated heterocycles. The summed E-state index contributed by atoms with van der Waals surface area (Å²) in [5.41, 5.74) is 1.51. The number of aliphatic carboxylic acids is 1. The Kier molecular flexibility index (Phi) is 7.49. The molecule has 1 aromatic rings. The zero-order valence-electron chi connectivity index (χ0n) is 15.0. The van der Waals surface area contributed by atoms with Crippen molar-refractivity contribution in [3.8, 4) is 0 Å². The van der Waals surface area contributed by atoms with Crippen LogP contribution < -0.4 is 16.0 Å². The molecule has 1 aliphatic heterocycles. The van der Waals surface area contributed by atoms with Gasteiger partial charge in [-0.1, -0.05) is 24.3 Å². The molecule has 0 radical (unpaired) electrons. The summed E-state index contributed by atoms with van der Waals surface area (Å²) in [6.45, 7) is 0.250. The first kappa shape index (κ1) is 20.9. The van der Waals surface area contributed by atoms with E-state index in [2.05, 4.69) is 16.0 Å². The summed E-state index contributed by atoms with van der Waals surface area (Å²) in [5, 5.41) is 15.7. The van der Waals surface area contributed by atoms with Crippen molar-refractivity contribution in [2.24, 2.45) is 0 Å². The van der Waals surface area contributed by atoms with Gasteiger partial charge in [-0.25, -0.2) is 4.79 Å². The topological polar surface area (TPSA) is 151 Å². The number of carbonyl (C=O) groups is 5. The predicted octanol–water partition coefficient (Wildman–Crippen LogP) is 0.199. The lowest BCUT2D eigenvalue weighted by molar-refractivity contribution is -0.139. The van der Waals surface area contributed by atoms with E-state index in [-0.39, 0.29) is 50.6 Å². The van der Waals surface area contributed by atoms with Crippen molar-refractivity contribution < 1.29 is 33.8 Å². The van der Waals surface area contributed by atoms with Crippen LogP contribution >= 0.6 is 0 Å². The van der Waals surface area contributed by atoms with Crippen LogP contribution in [-0.4, -0.2) is 40.9 Å². The van der Waals surface area contributed by atoms with Gasteiger partial charge in [-0.05, 0) is 17.5 Å². The number of hydrogen-bond acceptors (Lipinski definition) is 6. The van der Waals surface area contributed by atoms with Gasteiger partial charge in [0.05, 0.1) is 6.42 Å². The molecule has 2 rings (SSSR count). The summed E-state index contributed by atoms with van der Waals surface area (Å²) < 4.78 is 5.06. The van der Waals surface area contributed by atoms with Gasteiger partial charge < -0.3 is 20.5 Å². The van der Waals surface area contributed by atoms with E-state index in [4.69, 9.17) is 9.84 Å². The van der Waals surface area contributed by atoms with Gasteiger partial charge >= 0.3 is 12.1 Å². The SMILES string of the molecule is O=C(O)CCC(=O)NCc1ccc(COC(=O)NC2CCC(=O)NC2=O)cc1. The minimum absolute atomic E-state index is 0.00957. The number of alkyl carbamates (subject to hydrolysis) is 1. The quantitative estimate of drug-likeness (QED) is 0.462. The molecule has 1 aliphatic rings. The summed E-state index contributed by atoms with van der Waals surface area (Å²) in [4.78, 5) is 56.3. The summed E-state index contributed by atoms with van der Waals surface area (Å²) >= 11 is 0. The molecular formula is C18H21N3O7. The van der Waals surface area contributed by atoms with E-state index in [0.29, 0.717) is 5.56 Å². The average molecular weight is 391 g/mol. The van der Waals surface area contributed by atoms with Crippen molar-refractivity contribution in [3.05, 3.63) is 35.4 Å². The largest absolute Gasteiger partial charge is 0.481 e. The Morgan fingerprint density at radius 3 is 2.43 bits per heavy atom. The molecule has 10 nitrogen and oxygen atoms in total. The maximum atomic E-state index is 11.8. The van der Waals surface area contributed by atoms with E-state index < -0.39 is 24.0 Å². The van der Waals surface area contributed by atoms with Crippen molar-refractivity contribution in [1.29, 1.82) is 0 Å². The van der Waals surface area contributed by atoms with E-state index in [1.54, 1.807) is 24.3 Å². The molecule has 1 atom stereocenters. The van der Waals surface area contributed by atoms with Crippen LogP contribution in [0.1, 0.15) is 36.8 Å². The highest BCUT2D eigenvalue weighted by Gasteiger charge is 2.28. The van der Waals surface area contributed by atoms with E-state index in [1.165, 1.54) is 0 Å². The lowest BCUT2D eigenvalue weighted by Crippen LogP contribution is -2.52. The highest BCUT2D eigenvalue weighted by molar-refractivity contribution is 6.01. The van der Waals surface area contributed by atoms with Gasteiger partial charge in [0.2, 0.25) is 17.7 Å². The van der Waals surface area contributed by atoms with Crippen LogP contribution in [0.4, 0.5) is 4.79 Å². The van der Waals surface area contributed by atoms with Gasteiger partial charge in [0.25, 0.3) is 0 Å². The smallest absolute Gasteiger partial charge is 0.408 e. The van der Waals surface area contributed by atoms with Crippen molar-refractivity contribution in [3.63, 3.8) is 0 Å². The number of benzene rings is 1. The zero-order valence-corrected chi connectivity index (χ0v) is 15.0. The summed E-state index contributed by atoms with van der Waals surface area (Å²) in [6.07, 6.45) is -0.672. The molecule has 1 unspecified atom stereocenters. The number of ether oxygens (including phenoxy) is 1. The summed E-state index contributed by atoms with van der Waals surface area (Å²) in [5.74, 6) is -2.29. The van der Waals surface area contributed by atoms with Crippen molar-refractivity contribution in [2.45, 2.75) is 44.9 Å². The molecule has 28 heavy (non-hydrogen) atoms. The molecule has 0 bridgehead atoms. The van der Waals surface area contributed by atoms with Crippen LogP contribution in [0.2, 0.25) is 0 Å². The molecule has 0 aromatic heterocycles. The predicted molar refractivity (Wildman–Crippen MR) is 94.7 cm³/mol. The molecule has 4 amide bonds. The highest BCUT2D eigenvalue weighted by Crippen LogP contribution is 2.08. The number of imide groups is 1. The van der Waals surface area contributed by atoms with Crippen molar-refractivity contribution in [2.75, 3.05) is 0 Å². The Bertz CT molecular complexity index is 761. The first-order valence-corrected chi connectivity index (χ1v) is 8.67. The van der Waals surface area contributed by atoms with Gasteiger partial charge in [0.15, 0.2) is 0 Å². The zero-order chi connectivity index (χ0) is 20.5. The van der Waals surface area contributed by atoms with Crippen LogP contribution in [0.25, 0.3) is 0 Å². The van der Waals surface area contributed by atoms with E-state index in [1.807, 2.05) is 0 Å². The Morgan fingerprint density at radius 2 is 1.79 bits per heavy atom. The summed E-state index contributed by atoms with van der Waals surface area (Å²) in [6, 6.07) is 6.13. The monoisotopic (exact) mass is 391 g/mol. The standard InChI is InChI=1S/C18H21N3O7/c22-14(7-8-16(24)25)19-9-11-1-3-12(4-2-11)10-28-18(27)20-13-5-6-15(23)21-17(13)26/h1-4,13H,5-10H2,(H,19,22)(H,20,27)(H,24,25)(H,21,23,26). The number of nitrogens with one attached hydrogen (secondary N) is 3. The fourth-order valence-electron chi connectivity index (χ4n) is 2.43. The number of hydrogen-bond donors (Lipinski definition) is 4. The van der Waals surface area contributed by atoms with Crippen LogP contribution in [0.3, 0.4) is 0 Å². The normalized spacial score (nSPS) is 16.1. The maximum absolute atomic E-state index is 11.8. The van der Waals surface area contributed by atoms with Crippen LogP contribution in [0.5, 0.6) is 0 Å². The number of carbonyl (C=O) groups excluding carboxylic acids is 4. The lowest BCUT2D eigenvalue weighted by atomic mass is 10.1. The Balaban J connectivity index is 1.71. The summed E-state index contributed by atoms with van der Waals surface area (Å²) in [7, 11) is 0. The highest BCUT2D eigenvalue weighted by atomic mass is 16.5. The van der Waals surface area contributed by atoms with Crippen molar-refractivity contribution in [1.82, 2.24) is 16.0 Å². The Hall–Kier alpha value is -3.43. The van der Waals surface area contributed by atoms with Gasteiger partial charge in [-0.2, -0.15) is 0 Å². The molecule has 0 saturated carbocycles. The van der Waals surface area contributed by atoms with Gasteiger partial charge in [0, 0.05) is 19.4 Å². The molecule has 10 heteroatoms. The molecule has 0 aliphatic carbocycles. The second-order valence-electron chi connectivity index (χ2n) is 6.21. The van der Waals surface area contributed by atoms with Crippen LogP contribution in [-0.2, 0) is 37.1 Å². The Labute approximate surface area is 160 Å². The first-order chi connectivity index (χ1) is 13.3. The molecule has 1 aromatic carbocycles. The molecule has 0 spiro atoms. The third-order valence-electron chi connectivity index (χ3n) is 3.98. The van der Waals surface area contributed by atoms with E-state index >= 15 is 0 Å². The number of amides is 4. The minimum atomic E-state index is -1.03. The molecular weight excluding hydrogens is 370 g/mol. The fraction of sp³-hybridized carbons (Fsp3) is 0.389. The molecule has 1 fully saturated rings. The molecule has 150 valence electrons. The molecule has 1 heterocycles. The second kappa shape index (κ2) is 10.0. The number of rotatable bonds is 8. The second-order valence-corrected chi connectivity index (χ2v) is 6.21. The van der Waals surface area contributed by atoms with Crippen LogP contribution in [0, 0.1) is 0 Å². The molecule has 4 N–H and O–H groups in total. The van der Waals surface area contributed by atoms with E-state index in [0.717, 1.165) is 5.56 Å². The van der Waals surface area contributed by atoms with Crippen molar-refractivity contribution >= 4 is 29.8 Å². The average Bonchev–Trinajstić information content (AvgIpc) is 2.66. The first-order valence-electron chi connectivity index (χ1n) is 8.67. The number of carboxylic acids is 1. The van der Waals surface area contributed by atoms with Gasteiger partial charge in [0.1, 0.15) is 12.6 Å². The number of carboxylic acid groups (broad SMARTS) is 1. The third kappa shape index (κ3) is 7.06. The third-order valence-corrected chi connectivity index (χ3v) is 3.98. The maximum Gasteiger partial charge on any atom is 0.408 e. The van der Waals surface area contributed by atoms with Gasteiger partial charge in [-0.15, -0.1) is 0 Å². The minimum Gasteiger partial charge on any atom is -0.481 e. The fourth-order valence-corrected chi connectivity index (χ4v) is 2.43. The number of piperidine rings is 1. The van der Waals surface area contributed by atoms with Gasteiger partial charge in [-0.3, -0.25) is 24.5 Å². The van der Waals surface area contributed by atoms with Crippen LogP contribution in [0.15, 0.2) is 24.3 Å². The lowest BCUT2D eigenvalue weighted by Gasteiger charge is -2.21. The van der Waals surface area contributed by atoms with E-state index in [9.17, 15) is 24.0 Å². The Morgan fingerprint density at radius 1 is 1.11 bits per heavy atom.